The number of amides is 1. The van der Waals surface area contributed by atoms with Crippen LogP contribution in [0.1, 0.15) is 20.8 Å². The van der Waals surface area contributed by atoms with Gasteiger partial charge in [0.1, 0.15) is 5.60 Å². The van der Waals surface area contributed by atoms with E-state index in [1.54, 1.807) is 18.1 Å². The Morgan fingerprint density at radius 3 is 2.78 bits per heavy atom. The van der Waals surface area contributed by atoms with Crippen molar-refractivity contribution in [1.29, 1.82) is 0 Å². The summed E-state index contributed by atoms with van der Waals surface area (Å²) in [5.74, 6) is 0.885. The summed E-state index contributed by atoms with van der Waals surface area (Å²) in [5, 5.41) is 0. The van der Waals surface area contributed by atoms with Crippen LogP contribution >= 0.6 is 15.9 Å². The van der Waals surface area contributed by atoms with E-state index in [1.165, 1.54) is 0 Å². The van der Waals surface area contributed by atoms with Crippen LogP contribution in [0.3, 0.4) is 0 Å². The Morgan fingerprint density at radius 2 is 2.07 bits per heavy atom. The average Bonchev–Trinajstić information content (AvgIpc) is 3.02. The fourth-order valence-corrected chi connectivity index (χ4v) is 3.52. The SMILES string of the molecule is CN(C(=O)OC(C)(C)C)C1CN(c2nc3ncc(Br)cc3n3cccc23)C1. The van der Waals surface area contributed by atoms with E-state index < -0.39 is 5.60 Å². The molecule has 4 heterocycles. The van der Waals surface area contributed by atoms with Crippen molar-refractivity contribution < 1.29 is 9.53 Å². The molecule has 0 N–H and O–H groups in total. The Kier molecular flexibility index (Phi) is 4.25. The number of carbonyl (C=O) groups is 1. The van der Waals surface area contributed by atoms with E-state index in [0.717, 1.165) is 21.3 Å². The first-order valence-corrected chi connectivity index (χ1v) is 9.65. The Morgan fingerprint density at radius 1 is 1.33 bits per heavy atom. The molecule has 7 nitrogen and oxygen atoms in total. The number of pyridine rings is 1. The predicted molar refractivity (Wildman–Crippen MR) is 108 cm³/mol. The van der Waals surface area contributed by atoms with E-state index in [1.807, 2.05) is 45.2 Å². The number of carbonyl (C=O) groups excluding carboxylic acids is 1. The van der Waals surface area contributed by atoms with Crippen LogP contribution in [0, 0.1) is 0 Å². The van der Waals surface area contributed by atoms with Crippen LogP contribution in [0.15, 0.2) is 35.1 Å². The maximum atomic E-state index is 12.3. The van der Waals surface area contributed by atoms with Gasteiger partial charge < -0.3 is 18.9 Å². The summed E-state index contributed by atoms with van der Waals surface area (Å²) in [6.45, 7) is 7.05. The average molecular weight is 432 g/mol. The van der Waals surface area contributed by atoms with Crippen LogP contribution in [0.4, 0.5) is 10.6 Å². The zero-order chi connectivity index (χ0) is 19.3. The van der Waals surface area contributed by atoms with Crippen molar-refractivity contribution in [1.82, 2.24) is 19.3 Å². The number of fused-ring (bicyclic) bond motifs is 3. The molecule has 0 aromatic carbocycles. The first kappa shape index (κ1) is 18.0. The molecule has 1 fully saturated rings. The van der Waals surface area contributed by atoms with E-state index >= 15 is 0 Å². The van der Waals surface area contributed by atoms with Crippen molar-refractivity contribution in [2.24, 2.45) is 0 Å². The summed E-state index contributed by atoms with van der Waals surface area (Å²) >= 11 is 3.47. The Labute approximate surface area is 166 Å². The van der Waals surface area contributed by atoms with E-state index in [0.29, 0.717) is 18.7 Å². The lowest BCUT2D eigenvalue weighted by molar-refractivity contribution is 0.0197. The normalized spacial score (nSPS) is 15.2. The first-order valence-electron chi connectivity index (χ1n) is 8.86. The molecule has 3 aromatic rings. The second-order valence-electron chi connectivity index (χ2n) is 7.85. The topological polar surface area (TPSA) is 63.0 Å². The van der Waals surface area contributed by atoms with Gasteiger partial charge in [-0.3, -0.25) is 0 Å². The van der Waals surface area contributed by atoms with Gasteiger partial charge in [0.2, 0.25) is 0 Å². The quantitative estimate of drug-likeness (QED) is 0.618. The van der Waals surface area contributed by atoms with Crippen LogP contribution in [0.2, 0.25) is 0 Å². The van der Waals surface area contributed by atoms with Crippen molar-refractivity contribution in [3.8, 4) is 0 Å². The molecule has 4 rings (SSSR count). The molecule has 0 unspecified atom stereocenters. The standard InChI is InChI=1S/C19H22BrN5O2/c1-19(2,3)27-18(26)23(4)13-10-24(11-13)17-14-6-5-7-25(14)15-8-12(20)9-21-16(15)22-17/h5-9,13H,10-11H2,1-4H3. The molecular formula is C19H22BrN5O2. The van der Waals surface area contributed by atoms with Gasteiger partial charge in [-0.2, -0.15) is 0 Å². The van der Waals surface area contributed by atoms with E-state index in [-0.39, 0.29) is 12.1 Å². The summed E-state index contributed by atoms with van der Waals surface area (Å²) < 4.78 is 8.47. The first-order chi connectivity index (χ1) is 12.7. The highest BCUT2D eigenvalue weighted by Gasteiger charge is 2.36. The fourth-order valence-electron chi connectivity index (χ4n) is 3.20. The Balaban J connectivity index is 1.57. The molecule has 0 radical (unpaired) electrons. The number of hydrogen-bond donors (Lipinski definition) is 0. The largest absolute Gasteiger partial charge is 0.444 e. The lowest BCUT2D eigenvalue weighted by Crippen LogP contribution is -2.60. The summed E-state index contributed by atoms with van der Waals surface area (Å²) in [6, 6.07) is 6.17. The molecule has 0 aliphatic carbocycles. The molecule has 1 aliphatic heterocycles. The highest BCUT2D eigenvalue weighted by molar-refractivity contribution is 9.10. The minimum atomic E-state index is -0.493. The van der Waals surface area contributed by atoms with Gasteiger partial charge in [-0.15, -0.1) is 0 Å². The molecule has 0 saturated carbocycles. The lowest BCUT2D eigenvalue weighted by Gasteiger charge is -2.44. The van der Waals surface area contributed by atoms with Gasteiger partial charge in [-0.25, -0.2) is 14.8 Å². The molecule has 0 atom stereocenters. The molecule has 3 aromatic heterocycles. The number of aromatic nitrogens is 3. The summed E-state index contributed by atoms with van der Waals surface area (Å²) in [7, 11) is 1.79. The van der Waals surface area contributed by atoms with Gasteiger partial charge in [-0.1, -0.05) is 0 Å². The molecule has 1 saturated heterocycles. The van der Waals surface area contributed by atoms with Crippen LogP contribution in [-0.4, -0.2) is 57.1 Å². The molecule has 0 bridgehead atoms. The van der Waals surface area contributed by atoms with Gasteiger partial charge in [0, 0.05) is 37.0 Å². The van der Waals surface area contributed by atoms with Crippen molar-refractivity contribution in [2.75, 3.05) is 25.0 Å². The van der Waals surface area contributed by atoms with Crippen LogP contribution in [0.25, 0.3) is 16.7 Å². The van der Waals surface area contributed by atoms with E-state index in [4.69, 9.17) is 9.72 Å². The highest BCUT2D eigenvalue weighted by atomic mass is 79.9. The molecule has 1 aliphatic rings. The van der Waals surface area contributed by atoms with Crippen LogP contribution < -0.4 is 4.90 Å². The highest BCUT2D eigenvalue weighted by Crippen LogP contribution is 2.30. The number of ether oxygens (including phenoxy) is 1. The Bertz CT molecular complexity index is 1020. The monoisotopic (exact) mass is 431 g/mol. The third-order valence-electron chi connectivity index (χ3n) is 4.65. The zero-order valence-corrected chi connectivity index (χ0v) is 17.4. The number of hydrogen-bond acceptors (Lipinski definition) is 5. The maximum Gasteiger partial charge on any atom is 0.410 e. The predicted octanol–water partition coefficient (Wildman–Crippen LogP) is 3.70. The van der Waals surface area contributed by atoms with Gasteiger partial charge in [0.25, 0.3) is 0 Å². The minimum Gasteiger partial charge on any atom is -0.444 e. The maximum absolute atomic E-state index is 12.3. The van der Waals surface area contributed by atoms with E-state index in [9.17, 15) is 4.79 Å². The smallest absolute Gasteiger partial charge is 0.410 e. The molecule has 142 valence electrons. The van der Waals surface area contributed by atoms with Crippen molar-refractivity contribution in [3.63, 3.8) is 0 Å². The number of anilines is 1. The van der Waals surface area contributed by atoms with Gasteiger partial charge in [0.15, 0.2) is 11.5 Å². The van der Waals surface area contributed by atoms with Crippen molar-refractivity contribution in [3.05, 3.63) is 35.1 Å². The Hall–Kier alpha value is -2.35. The molecule has 0 spiro atoms. The van der Waals surface area contributed by atoms with Crippen LogP contribution in [-0.2, 0) is 4.74 Å². The zero-order valence-electron chi connectivity index (χ0n) is 15.8. The minimum absolute atomic E-state index is 0.102. The van der Waals surface area contributed by atoms with Crippen LogP contribution in [0.5, 0.6) is 0 Å². The number of nitrogens with zero attached hydrogens (tertiary/aromatic N) is 5. The number of likely N-dealkylation sites (N-methyl/N-ethyl adjacent to an activating group) is 1. The van der Waals surface area contributed by atoms with Crippen molar-refractivity contribution >= 4 is 44.5 Å². The fraction of sp³-hybridized carbons (Fsp3) is 0.421. The van der Waals surface area contributed by atoms with E-state index in [2.05, 4.69) is 30.2 Å². The summed E-state index contributed by atoms with van der Waals surface area (Å²) in [5.41, 5.74) is 2.19. The lowest BCUT2D eigenvalue weighted by atomic mass is 10.1. The summed E-state index contributed by atoms with van der Waals surface area (Å²) in [4.78, 5) is 25.3. The number of halogens is 1. The second-order valence-corrected chi connectivity index (χ2v) is 8.76. The summed E-state index contributed by atoms with van der Waals surface area (Å²) in [6.07, 6.45) is 3.48. The molecule has 8 heteroatoms. The molecule has 1 amide bonds. The molecule has 27 heavy (non-hydrogen) atoms. The van der Waals surface area contributed by atoms with Gasteiger partial charge in [0.05, 0.1) is 17.1 Å². The second kappa shape index (κ2) is 6.37. The van der Waals surface area contributed by atoms with Gasteiger partial charge in [-0.05, 0) is 54.9 Å². The number of rotatable bonds is 2. The third kappa shape index (κ3) is 3.34. The van der Waals surface area contributed by atoms with Gasteiger partial charge >= 0.3 is 6.09 Å². The third-order valence-corrected chi connectivity index (χ3v) is 5.09. The van der Waals surface area contributed by atoms with Crippen molar-refractivity contribution in [2.45, 2.75) is 32.4 Å². The molecular weight excluding hydrogens is 410 g/mol.